The summed E-state index contributed by atoms with van der Waals surface area (Å²) >= 11 is 0. The zero-order valence-electron chi connectivity index (χ0n) is 16.2. The minimum Gasteiger partial charge on any atom is -0.487 e. The Hall–Kier alpha value is -2.82. The Morgan fingerprint density at radius 1 is 1.15 bits per heavy atom. The van der Waals surface area contributed by atoms with Gasteiger partial charge < -0.3 is 14.5 Å². The van der Waals surface area contributed by atoms with E-state index in [0.717, 1.165) is 24.2 Å². The molecule has 1 amide bonds. The second-order valence-electron chi connectivity index (χ2n) is 7.36. The summed E-state index contributed by atoms with van der Waals surface area (Å²) in [6.07, 6.45) is 5.98. The first-order valence-corrected chi connectivity index (χ1v) is 9.47. The fraction of sp³-hybridized carbons (Fsp3) is 0.364. The van der Waals surface area contributed by atoms with E-state index < -0.39 is 0 Å². The Morgan fingerprint density at radius 2 is 2.00 bits per heavy atom. The van der Waals surface area contributed by atoms with Crippen LogP contribution in [0.2, 0.25) is 0 Å². The Bertz CT molecular complexity index is 868. The highest BCUT2D eigenvalue weighted by Gasteiger charge is 2.11. The van der Waals surface area contributed by atoms with Crippen LogP contribution in [0, 0.1) is 5.92 Å². The average Bonchev–Trinajstić information content (AvgIpc) is 3.08. The molecular weight excluding hydrogens is 338 g/mol. The van der Waals surface area contributed by atoms with E-state index in [1.807, 2.05) is 60.1 Å². The molecule has 0 bridgehead atoms. The fourth-order valence-corrected chi connectivity index (χ4v) is 2.90. The van der Waals surface area contributed by atoms with Crippen LogP contribution in [0.5, 0.6) is 5.75 Å². The molecule has 0 aliphatic heterocycles. The third-order valence-electron chi connectivity index (χ3n) is 4.45. The van der Waals surface area contributed by atoms with Gasteiger partial charge in [0.1, 0.15) is 18.0 Å². The Kier molecular flexibility index (Phi) is 6.12. The number of fused-ring (bicyclic) bond motifs is 1. The zero-order valence-corrected chi connectivity index (χ0v) is 16.2. The Labute approximate surface area is 160 Å². The number of rotatable bonds is 8. The van der Waals surface area contributed by atoms with E-state index >= 15 is 0 Å². The van der Waals surface area contributed by atoms with E-state index in [1.165, 1.54) is 0 Å². The van der Waals surface area contributed by atoms with Gasteiger partial charge in [0.05, 0.1) is 5.69 Å². The molecule has 27 heavy (non-hydrogen) atoms. The Morgan fingerprint density at radius 3 is 2.78 bits per heavy atom. The van der Waals surface area contributed by atoms with E-state index in [4.69, 9.17) is 4.74 Å². The first-order chi connectivity index (χ1) is 13.0. The second-order valence-corrected chi connectivity index (χ2v) is 7.36. The predicted octanol–water partition coefficient (Wildman–Crippen LogP) is 4.47. The molecule has 1 aromatic carbocycles. The standard InChI is InChI=1S/C22H27N3O2/c1-16(2)10-11-17(3)23-22(26)18-7-6-8-20(13-18)27-15-19-14-25-12-5-4-9-21(25)24-19/h4-9,12-14,16-17H,10-11,15H2,1-3H3,(H,23,26). The van der Waals surface area contributed by atoms with Crippen molar-refractivity contribution < 1.29 is 9.53 Å². The van der Waals surface area contributed by atoms with Crippen molar-refractivity contribution in [1.29, 1.82) is 0 Å². The SMILES string of the molecule is CC(C)CCC(C)NC(=O)c1cccc(OCc2cn3ccccc3n2)c1. The van der Waals surface area contributed by atoms with Crippen LogP contribution in [-0.2, 0) is 6.61 Å². The van der Waals surface area contributed by atoms with E-state index in [0.29, 0.717) is 23.8 Å². The highest BCUT2D eigenvalue weighted by Crippen LogP contribution is 2.16. The largest absolute Gasteiger partial charge is 0.487 e. The topological polar surface area (TPSA) is 55.6 Å². The molecule has 2 aromatic heterocycles. The smallest absolute Gasteiger partial charge is 0.251 e. The molecule has 3 rings (SSSR count). The van der Waals surface area contributed by atoms with Crippen molar-refractivity contribution in [2.75, 3.05) is 0 Å². The number of hydrogen-bond donors (Lipinski definition) is 1. The number of ether oxygens (including phenoxy) is 1. The van der Waals surface area contributed by atoms with Crippen LogP contribution in [0.15, 0.2) is 54.9 Å². The quantitative estimate of drug-likeness (QED) is 0.641. The van der Waals surface area contributed by atoms with E-state index in [1.54, 1.807) is 6.07 Å². The molecule has 5 heteroatoms. The molecule has 1 unspecified atom stereocenters. The van der Waals surface area contributed by atoms with Gasteiger partial charge >= 0.3 is 0 Å². The van der Waals surface area contributed by atoms with Gasteiger partial charge in [0.15, 0.2) is 0 Å². The number of carbonyl (C=O) groups excluding carboxylic acids is 1. The molecule has 0 spiro atoms. The molecule has 1 N–H and O–H groups in total. The van der Waals surface area contributed by atoms with Crippen molar-refractivity contribution in [3.63, 3.8) is 0 Å². The molecule has 0 fully saturated rings. The summed E-state index contributed by atoms with van der Waals surface area (Å²) in [5.74, 6) is 1.24. The highest BCUT2D eigenvalue weighted by molar-refractivity contribution is 5.94. The van der Waals surface area contributed by atoms with E-state index in [2.05, 4.69) is 24.1 Å². The second kappa shape index (κ2) is 8.71. The van der Waals surface area contributed by atoms with Gasteiger partial charge in [-0.05, 0) is 56.0 Å². The van der Waals surface area contributed by atoms with Crippen LogP contribution in [0.4, 0.5) is 0 Å². The van der Waals surface area contributed by atoms with E-state index in [-0.39, 0.29) is 11.9 Å². The van der Waals surface area contributed by atoms with Crippen LogP contribution in [0.25, 0.3) is 5.65 Å². The van der Waals surface area contributed by atoms with Crippen LogP contribution in [-0.4, -0.2) is 21.3 Å². The lowest BCUT2D eigenvalue weighted by atomic mass is 10.0. The number of pyridine rings is 1. The molecule has 0 aliphatic carbocycles. The van der Waals surface area contributed by atoms with Crippen molar-refractivity contribution in [3.05, 3.63) is 66.1 Å². The average molecular weight is 365 g/mol. The summed E-state index contributed by atoms with van der Waals surface area (Å²) in [5, 5.41) is 3.06. The van der Waals surface area contributed by atoms with Crippen LogP contribution in [0.1, 0.15) is 49.7 Å². The molecule has 3 aromatic rings. The lowest BCUT2D eigenvalue weighted by molar-refractivity contribution is 0.0936. The van der Waals surface area contributed by atoms with Crippen LogP contribution in [0.3, 0.4) is 0 Å². The monoisotopic (exact) mass is 365 g/mol. The summed E-state index contributed by atoms with van der Waals surface area (Å²) in [4.78, 5) is 17.0. The van der Waals surface area contributed by atoms with Crippen molar-refractivity contribution in [2.24, 2.45) is 5.92 Å². The normalized spacial score (nSPS) is 12.3. The molecule has 2 heterocycles. The number of imidazole rings is 1. The third-order valence-corrected chi connectivity index (χ3v) is 4.45. The summed E-state index contributed by atoms with van der Waals surface area (Å²) in [6.45, 7) is 6.79. The van der Waals surface area contributed by atoms with Gasteiger partial charge in [-0.25, -0.2) is 4.98 Å². The minimum atomic E-state index is -0.0653. The summed E-state index contributed by atoms with van der Waals surface area (Å²) in [5.41, 5.74) is 2.34. The molecule has 1 atom stereocenters. The van der Waals surface area contributed by atoms with Crippen molar-refractivity contribution in [2.45, 2.75) is 46.3 Å². The molecule has 5 nitrogen and oxygen atoms in total. The van der Waals surface area contributed by atoms with Crippen molar-refractivity contribution in [3.8, 4) is 5.75 Å². The molecule has 0 aliphatic rings. The van der Waals surface area contributed by atoms with Crippen molar-refractivity contribution >= 4 is 11.6 Å². The predicted molar refractivity (Wildman–Crippen MR) is 107 cm³/mol. The van der Waals surface area contributed by atoms with Gasteiger partial charge in [-0.2, -0.15) is 0 Å². The maximum absolute atomic E-state index is 12.5. The number of nitrogens with one attached hydrogen (secondary N) is 1. The van der Waals surface area contributed by atoms with Crippen LogP contribution < -0.4 is 10.1 Å². The summed E-state index contributed by atoms with van der Waals surface area (Å²) in [6, 6.07) is 13.3. The maximum Gasteiger partial charge on any atom is 0.251 e. The van der Waals surface area contributed by atoms with Crippen LogP contribution >= 0.6 is 0 Å². The first kappa shape index (κ1) is 19.0. The number of carbonyl (C=O) groups is 1. The fourth-order valence-electron chi connectivity index (χ4n) is 2.90. The molecule has 142 valence electrons. The van der Waals surface area contributed by atoms with E-state index in [9.17, 15) is 4.79 Å². The lowest BCUT2D eigenvalue weighted by Gasteiger charge is -2.15. The minimum absolute atomic E-state index is 0.0653. The zero-order chi connectivity index (χ0) is 19.2. The van der Waals surface area contributed by atoms with Gasteiger partial charge in [0.25, 0.3) is 5.91 Å². The lowest BCUT2D eigenvalue weighted by Crippen LogP contribution is -2.32. The number of hydrogen-bond acceptors (Lipinski definition) is 3. The number of nitrogens with zero attached hydrogens (tertiary/aromatic N) is 2. The van der Waals surface area contributed by atoms with Gasteiger partial charge in [0.2, 0.25) is 0 Å². The number of amides is 1. The molecule has 0 saturated carbocycles. The van der Waals surface area contributed by atoms with Gasteiger partial charge in [-0.1, -0.05) is 26.0 Å². The van der Waals surface area contributed by atoms with Crippen molar-refractivity contribution in [1.82, 2.24) is 14.7 Å². The third kappa shape index (κ3) is 5.33. The van der Waals surface area contributed by atoms with Gasteiger partial charge in [0, 0.05) is 24.0 Å². The van der Waals surface area contributed by atoms with Gasteiger partial charge in [-0.3, -0.25) is 4.79 Å². The van der Waals surface area contributed by atoms with Gasteiger partial charge in [-0.15, -0.1) is 0 Å². The highest BCUT2D eigenvalue weighted by atomic mass is 16.5. The number of aromatic nitrogens is 2. The molecule has 0 radical (unpaired) electrons. The maximum atomic E-state index is 12.5. The molecular formula is C22H27N3O2. The summed E-state index contributed by atoms with van der Waals surface area (Å²) in [7, 11) is 0. The first-order valence-electron chi connectivity index (χ1n) is 9.47. The Balaban J connectivity index is 1.58. The summed E-state index contributed by atoms with van der Waals surface area (Å²) < 4.78 is 7.80. The number of benzene rings is 1. The molecule has 0 saturated heterocycles.